The minimum absolute atomic E-state index is 0.141. The predicted octanol–water partition coefficient (Wildman–Crippen LogP) is 3.56. The minimum Gasteiger partial charge on any atom is -0.377 e. The second kappa shape index (κ2) is 6.04. The molecule has 0 aromatic heterocycles. The van der Waals surface area contributed by atoms with Gasteiger partial charge in [-0.05, 0) is 43.2 Å². The SMILES string of the molecule is O=C(Nc1cccc(F)c1)c1ccc(NC2CC2)c([N+](=O)[O-])c1. The fraction of sp³-hybridized carbons (Fsp3) is 0.188. The fourth-order valence-electron chi connectivity index (χ4n) is 2.16. The summed E-state index contributed by atoms with van der Waals surface area (Å²) in [5, 5.41) is 16.8. The van der Waals surface area contributed by atoms with E-state index in [2.05, 4.69) is 10.6 Å². The lowest BCUT2D eigenvalue weighted by atomic mass is 10.1. The maximum atomic E-state index is 13.1. The second-order valence-electron chi connectivity index (χ2n) is 5.37. The van der Waals surface area contributed by atoms with E-state index in [-0.39, 0.29) is 23.0 Å². The van der Waals surface area contributed by atoms with Crippen LogP contribution in [0.4, 0.5) is 21.5 Å². The number of rotatable bonds is 5. The van der Waals surface area contributed by atoms with E-state index in [9.17, 15) is 19.3 Å². The maximum Gasteiger partial charge on any atom is 0.293 e. The summed E-state index contributed by atoms with van der Waals surface area (Å²) in [6, 6.07) is 9.96. The van der Waals surface area contributed by atoms with Crippen molar-refractivity contribution in [3.05, 3.63) is 64.0 Å². The molecule has 0 aliphatic heterocycles. The van der Waals surface area contributed by atoms with Gasteiger partial charge < -0.3 is 10.6 Å². The van der Waals surface area contributed by atoms with Gasteiger partial charge in [0.15, 0.2) is 0 Å². The van der Waals surface area contributed by atoms with Crippen LogP contribution in [-0.2, 0) is 0 Å². The number of hydrogen-bond donors (Lipinski definition) is 2. The van der Waals surface area contributed by atoms with Crippen molar-refractivity contribution < 1.29 is 14.1 Å². The molecule has 0 atom stereocenters. The van der Waals surface area contributed by atoms with E-state index < -0.39 is 16.6 Å². The summed E-state index contributed by atoms with van der Waals surface area (Å²) in [5.41, 5.74) is 0.684. The average molecular weight is 315 g/mol. The Morgan fingerprint density at radius 3 is 2.65 bits per heavy atom. The molecular formula is C16H14FN3O3. The number of carbonyl (C=O) groups is 1. The Morgan fingerprint density at radius 1 is 1.22 bits per heavy atom. The molecule has 6 nitrogen and oxygen atoms in total. The number of anilines is 2. The summed E-state index contributed by atoms with van der Waals surface area (Å²) in [4.78, 5) is 22.8. The molecule has 0 bridgehead atoms. The fourth-order valence-corrected chi connectivity index (χ4v) is 2.16. The monoisotopic (exact) mass is 315 g/mol. The third kappa shape index (κ3) is 3.63. The minimum atomic E-state index is -0.531. The zero-order valence-corrected chi connectivity index (χ0v) is 12.1. The first-order valence-electron chi connectivity index (χ1n) is 7.15. The molecule has 118 valence electrons. The third-order valence-electron chi connectivity index (χ3n) is 3.48. The van der Waals surface area contributed by atoms with Gasteiger partial charge in [0.25, 0.3) is 11.6 Å². The number of nitrogens with one attached hydrogen (secondary N) is 2. The molecule has 2 N–H and O–H groups in total. The van der Waals surface area contributed by atoms with E-state index in [1.54, 1.807) is 6.07 Å². The molecule has 1 fully saturated rings. The highest BCUT2D eigenvalue weighted by atomic mass is 19.1. The van der Waals surface area contributed by atoms with Gasteiger partial charge >= 0.3 is 0 Å². The van der Waals surface area contributed by atoms with Crippen molar-refractivity contribution in [1.82, 2.24) is 0 Å². The topological polar surface area (TPSA) is 84.3 Å². The lowest BCUT2D eigenvalue weighted by Crippen LogP contribution is -2.13. The van der Waals surface area contributed by atoms with E-state index in [1.807, 2.05) is 0 Å². The smallest absolute Gasteiger partial charge is 0.293 e. The highest BCUT2D eigenvalue weighted by Gasteiger charge is 2.25. The van der Waals surface area contributed by atoms with Crippen molar-refractivity contribution >= 4 is 23.0 Å². The summed E-state index contributed by atoms with van der Waals surface area (Å²) in [7, 11) is 0. The highest BCUT2D eigenvalue weighted by Crippen LogP contribution is 2.31. The van der Waals surface area contributed by atoms with Crippen LogP contribution in [0.15, 0.2) is 42.5 Å². The number of hydrogen-bond acceptors (Lipinski definition) is 4. The van der Waals surface area contributed by atoms with Crippen LogP contribution in [0.1, 0.15) is 23.2 Å². The first-order chi connectivity index (χ1) is 11.0. The molecule has 0 saturated heterocycles. The molecule has 3 rings (SSSR count). The molecule has 23 heavy (non-hydrogen) atoms. The lowest BCUT2D eigenvalue weighted by molar-refractivity contribution is -0.384. The number of benzene rings is 2. The Morgan fingerprint density at radius 2 is 2.00 bits per heavy atom. The van der Waals surface area contributed by atoms with Gasteiger partial charge in [-0.2, -0.15) is 0 Å². The van der Waals surface area contributed by atoms with Gasteiger partial charge in [-0.3, -0.25) is 14.9 Å². The van der Waals surface area contributed by atoms with Gasteiger partial charge in [0.05, 0.1) is 4.92 Å². The van der Waals surface area contributed by atoms with E-state index in [0.717, 1.165) is 12.8 Å². The molecule has 0 heterocycles. The molecule has 0 spiro atoms. The van der Waals surface area contributed by atoms with Gasteiger partial charge in [-0.1, -0.05) is 6.07 Å². The Bertz CT molecular complexity index is 775. The van der Waals surface area contributed by atoms with Crippen molar-refractivity contribution in [1.29, 1.82) is 0 Å². The molecule has 2 aromatic carbocycles. The van der Waals surface area contributed by atoms with Crippen LogP contribution >= 0.6 is 0 Å². The van der Waals surface area contributed by atoms with Crippen LogP contribution in [0.3, 0.4) is 0 Å². The maximum absolute atomic E-state index is 13.1. The van der Waals surface area contributed by atoms with Crippen LogP contribution in [0.2, 0.25) is 0 Å². The number of carbonyl (C=O) groups excluding carboxylic acids is 1. The summed E-state index contributed by atoms with van der Waals surface area (Å²) >= 11 is 0. The van der Waals surface area contributed by atoms with E-state index >= 15 is 0 Å². The second-order valence-corrected chi connectivity index (χ2v) is 5.37. The zero-order chi connectivity index (χ0) is 16.4. The van der Waals surface area contributed by atoms with Gasteiger partial charge in [0, 0.05) is 23.4 Å². The molecule has 1 aliphatic carbocycles. The molecule has 0 unspecified atom stereocenters. The van der Waals surface area contributed by atoms with E-state index in [1.165, 1.54) is 36.4 Å². The van der Waals surface area contributed by atoms with Crippen molar-refractivity contribution in [2.75, 3.05) is 10.6 Å². The molecule has 2 aromatic rings. The normalized spacial score (nSPS) is 13.4. The summed E-state index contributed by atoms with van der Waals surface area (Å²) < 4.78 is 13.1. The van der Waals surface area contributed by atoms with Crippen LogP contribution in [-0.4, -0.2) is 16.9 Å². The van der Waals surface area contributed by atoms with Crippen LogP contribution < -0.4 is 10.6 Å². The Kier molecular flexibility index (Phi) is 3.92. The van der Waals surface area contributed by atoms with Gasteiger partial charge in [0.2, 0.25) is 0 Å². The molecule has 0 radical (unpaired) electrons. The van der Waals surface area contributed by atoms with Gasteiger partial charge in [-0.25, -0.2) is 4.39 Å². The van der Waals surface area contributed by atoms with E-state index in [4.69, 9.17) is 0 Å². The lowest BCUT2D eigenvalue weighted by Gasteiger charge is -2.08. The number of amides is 1. The van der Waals surface area contributed by atoms with Crippen molar-refractivity contribution in [2.24, 2.45) is 0 Å². The predicted molar refractivity (Wildman–Crippen MR) is 84.1 cm³/mol. The van der Waals surface area contributed by atoms with Crippen molar-refractivity contribution in [3.8, 4) is 0 Å². The third-order valence-corrected chi connectivity index (χ3v) is 3.48. The summed E-state index contributed by atoms with van der Waals surface area (Å²) in [5.74, 6) is -1.01. The van der Waals surface area contributed by atoms with Crippen molar-refractivity contribution in [2.45, 2.75) is 18.9 Å². The first kappa shape index (κ1) is 15.0. The van der Waals surface area contributed by atoms with Crippen LogP contribution in [0, 0.1) is 15.9 Å². The Balaban J connectivity index is 1.82. The summed E-state index contributed by atoms with van der Waals surface area (Å²) in [6.07, 6.45) is 1.97. The van der Waals surface area contributed by atoms with Gasteiger partial charge in [0.1, 0.15) is 11.5 Å². The van der Waals surface area contributed by atoms with Crippen molar-refractivity contribution in [3.63, 3.8) is 0 Å². The highest BCUT2D eigenvalue weighted by molar-refractivity contribution is 6.05. The number of nitro benzene ring substituents is 1. The quantitative estimate of drug-likeness (QED) is 0.652. The Hall–Kier alpha value is -2.96. The largest absolute Gasteiger partial charge is 0.377 e. The Labute approximate surface area is 131 Å². The molecule has 1 saturated carbocycles. The molecule has 1 amide bonds. The van der Waals surface area contributed by atoms with Gasteiger partial charge in [-0.15, -0.1) is 0 Å². The first-order valence-corrected chi connectivity index (χ1v) is 7.15. The molecule has 7 heteroatoms. The zero-order valence-electron chi connectivity index (χ0n) is 12.1. The number of nitro groups is 1. The number of nitrogens with zero attached hydrogens (tertiary/aromatic N) is 1. The summed E-state index contributed by atoms with van der Waals surface area (Å²) in [6.45, 7) is 0. The standard InChI is InChI=1S/C16H14FN3O3/c17-11-2-1-3-13(9-11)19-16(21)10-4-7-14(18-12-5-6-12)15(8-10)20(22)23/h1-4,7-9,12,18H,5-6H2,(H,19,21). The molecule has 1 aliphatic rings. The van der Waals surface area contributed by atoms with E-state index in [0.29, 0.717) is 5.69 Å². The number of halogens is 1. The van der Waals surface area contributed by atoms with Crippen LogP contribution in [0.25, 0.3) is 0 Å². The van der Waals surface area contributed by atoms with Crippen LogP contribution in [0.5, 0.6) is 0 Å². The molecular weight excluding hydrogens is 301 g/mol. The average Bonchev–Trinajstić information content (AvgIpc) is 3.31.